The van der Waals surface area contributed by atoms with E-state index in [4.69, 9.17) is 5.11 Å². The van der Waals surface area contributed by atoms with E-state index in [1.807, 2.05) is 0 Å². The van der Waals surface area contributed by atoms with E-state index in [0.717, 1.165) is 0 Å². The van der Waals surface area contributed by atoms with E-state index in [1.54, 1.807) is 6.92 Å². The van der Waals surface area contributed by atoms with E-state index in [2.05, 4.69) is 10.0 Å². The van der Waals surface area contributed by atoms with Gasteiger partial charge in [-0.2, -0.15) is 0 Å². The fraction of sp³-hybridized carbons (Fsp3) is 0.800. The Balaban J connectivity index is 4.62. The molecule has 3 atom stereocenters. The first-order valence-electron chi connectivity index (χ1n) is 5.82. The van der Waals surface area contributed by atoms with Crippen molar-refractivity contribution in [3.8, 4) is 0 Å². The van der Waals surface area contributed by atoms with Crippen LogP contribution in [-0.4, -0.2) is 54.4 Å². The largest absolute Gasteiger partial charge is 0.480 e. The van der Waals surface area contributed by atoms with Crippen LogP contribution in [0.25, 0.3) is 0 Å². The monoisotopic (exact) mass is 296 g/mol. The first kappa shape index (κ1) is 17.8. The van der Waals surface area contributed by atoms with Gasteiger partial charge in [-0.25, -0.2) is 17.9 Å². The molecule has 0 aromatic carbocycles. The summed E-state index contributed by atoms with van der Waals surface area (Å²) in [6.45, 7) is 4.19. The van der Waals surface area contributed by atoms with E-state index >= 15 is 0 Å². The summed E-state index contributed by atoms with van der Waals surface area (Å²) in [5.41, 5.74) is 0. The van der Waals surface area contributed by atoms with Crippen molar-refractivity contribution in [2.24, 2.45) is 0 Å². The molecule has 4 N–H and O–H groups in total. The summed E-state index contributed by atoms with van der Waals surface area (Å²) in [5, 5.41) is 20.0. The SMILES string of the molecule is CCCS(=O)(=O)NC(C)C(=O)NC(C(=O)O)C(C)O. The Labute approximate surface area is 112 Å². The Bertz CT molecular complexity index is 420. The predicted molar refractivity (Wildman–Crippen MR) is 67.9 cm³/mol. The number of aliphatic carboxylic acids is 1. The van der Waals surface area contributed by atoms with Crippen LogP contribution in [0.5, 0.6) is 0 Å². The fourth-order valence-electron chi connectivity index (χ4n) is 1.32. The summed E-state index contributed by atoms with van der Waals surface area (Å²) in [4.78, 5) is 22.4. The van der Waals surface area contributed by atoms with E-state index in [1.165, 1.54) is 13.8 Å². The summed E-state index contributed by atoms with van der Waals surface area (Å²) in [5.74, 6) is -2.33. The van der Waals surface area contributed by atoms with Gasteiger partial charge in [-0.3, -0.25) is 4.79 Å². The van der Waals surface area contributed by atoms with Crippen molar-refractivity contribution in [3.63, 3.8) is 0 Å². The second kappa shape index (κ2) is 7.41. The molecule has 0 fully saturated rings. The van der Waals surface area contributed by atoms with Crippen molar-refractivity contribution in [1.29, 1.82) is 0 Å². The van der Waals surface area contributed by atoms with Crippen molar-refractivity contribution in [2.45, 2.75) is 45.4 Å². The molecule has 0 radical (unpaired) electrons. The summed E-state index contributed by atoms with van der Waals surface area (Å²) >= 11 is 0. The van der Waals surface area contributed by atoms with Gasteiger partial charge in [-0.05, 0) is 20.3 Å². The number of hydrogen-bond acceptors (Lipinski definition) is 5. The van der Waals surface area contributed by atoms with Gasteiger partial charge in [0.15, 0.2) is 6.04 Å². The molecule has 8 nitrogen and oxygen atoms in total. The summed E-state index contributed by atoms with van der Waals surface area (Å²) in [6.07, 6.45) is -0.893. The third-order valence-corrected chi connectivity index (χ3v) is 3.93. The number of aliphatic hydroxyl groups is 1. The minimum atomic E-state index is -3.57. The minimum Gasteiger partial charge on any atom is -0.480 e. The lowest BCUT2D eigenvalue weighted by atomic mass is 10.1. The highest BCUT2D eigenvalue weighted by Crippen LogP contribution is 1.97. The second-order valence-electron chi connectivity index (χ2n) is 4.22. The molecular weight excluding hydrogens is 276 g/mol. The molecule has 0 aromatic rings. The van der Waals surface area contributed by atoms with E-state index in [9.17, 15) is 23.1 Å². The van der Waals surface area contributed by atoms with Gasteiger partial charge in [0.25, 0.3) is 0 Å². The van der Waals surface area contributed by atoms with Crippen LogP contribution >= 0.6 is 0 Å². The van der Waals surface area contributed by atoms with Crippen LogP contribution in [0.2, 0.25) is 0 Å². The molecule has 0 rings (SSSR count). The number of sulfonamides is 1. The highest BCUT2D eigenvalue weighted by atomic mass is 32.2. The maximum atomic E-state index is 11.6. The Morgan fingerprint density at radius 1 is 1.26 bits per heavy atom. The van der Waals surface area contributed by atoms with Crippen LogP contribution in [0.1, 0.15) is 27.2 Å². The van der Waals surface area contributed by atoms with Gasteiger partial charge in [0, 0.05) is 0 Å². The lowest BCUT2D eigenvalue weighted by Gasteiger charge is -2.20. The third-order valence-electron chi connectivity index (χ3n) is 2.27. The average Bonchev–Trinajstić information content (AvgIpc) is 2.23. The van der Waals surface area contributed by atoms with E-state index in [0.29, 0.717) is 6.42 Å². The summed E-state index contributed by atoms with van der Waals surface area (Å²) in [7, 11) is -3.57. The predicted octanol–water partition coefficient (Wildman–Crippen LogP) is -1.35. The first-order valence-corrected chi connectivity index (χ1v) is 7.47. The van der Waals surface area contributed by atoms with Crippen molar-refractivity contribution in [1.82, 2.24) is 10.0 Å². The highest BCUT2D eigenvalue weighted by Gasteiger charge is 2.28. The Hall–Kier alpha value is -1.19. The van der Waals surface area contributed by atoms with Crippen LogP contribution in [-0.2, 0) is 19.6 Å². The topological polar surface area (TPSA) is 133 Å². The molecule has 0 saturated carbocycles. The van der Waals surface area contributed by atoms with Crippen LogP contribution in [0.4, 0.5) is 0 Å². The highest BCUT2D eigenvalue weighted by molar-refractivity contribution is 7.89. The summed E-state index contributed by atoms with van der Waals surface area (Å²) < 4.78 is 25.0. The standard InChI is InChI=1S/C10H20N2O6S/c1-4-5-19(17,18)12-6(2)9(14)11-8(7(3)13)10(15)16/h6-8,12-13H,4-5H2,1-3H3,(H,11,14)(H,15,16). The average molecular weight is 296 g/mol. The first-order chi connectivity index (χ1) is 8.60. The zero-order chi connectivity index (χ0) is 15.2. The number of aliphatic hydroxyl groups excluding tert-OH is 1. The number of nitrogens with one attached hydrogen (secondary N) is 2. The summed E-state index contributed by atoms with van der Waals surface area (Å²) in [6, 6.07) is -2.59. The van der Waals surface area contributed by atoms with Crippen LogP contribution in [0, 0.1) is 0 Å². The van der Waals surface area contributed by atoms with Gasteiger partial charge in [0.05, 0.1) is 17.9 Å². The van der Waals surface area contributed by atoms with Crippen LogP contribution in [0.15, 0.2) is 0 Å². The number of amides is 1. The molecule has 1 amide bonds. The smallest absolute Gasteiger partial charge is 0.328 e. The van der Waals surface area contributed by atoms with Gasteiger partial charge in [-0.1, -0.05) is 6.92 Å². The Kier molecular flexibility index (Phi) is 6.95. The molecule has 0 aliphatic rings. The van der Waals surface area contributed by atoms with Crippen molar-refractivity contribution < 1.29 is 28.2 Å². The van der Waals surface area contributed by atoms with Crippen LogP contribution < -0.4 is 10.0 Å². The molecule has 0 aromatic heterocycles. The van der Waals surface area contributed by atoms with Gasteiger partial charge < -0.3 is 15.5 Å². The molecular formula is C10H20N2O6S. The fourth-order valence-corrected chi connectivity index (χ4v) is 2.62. The number of carboxylic acids is 1. The third kappa shape index (κ3) is 6.50. The van der Waals surface area contributed by atoms with Gasteiger partial charge in [0.2, 0.25) is 15.9 Å². The van der Waals surface area contributed by atoms with Gasteiger partial charge >= 0.3 is 5.97 Å². The molecule has 0 aliphatic heterocycles. The molecule has 0 aliphatic carbocycles. The molecule has 19 heavy (non-hydrogen) atoms. The molecule has 0 heterocycles. The van der Waals surface area contributed by atoms with E-state index in [-0.39, 0.29) is 5.75 Å². The van der Waals surface area contributed by atoms with Crippen molar-refractivity contribution in [3.05, 3.63) is 0 Å². The minimum absolute atomic E-state index is 0.122. The quantitative estimate of drug-likeness (QED) is 0.438. The molecule has 112 valence electrons. The number of carbonyl (C=O) groups is 2. The Morgan fingerprint density at radius 2 is 1.79 bits per heavy atom. The van der Waals surface area contributed by atoms with Gasteiger partial charge in [0.1, 0.15) is 0 Å². The van der Waals surface area contributed by atoms with Gasteiger partial charge in [-0.15, -0.1) is 0 Å². The van der Waals surface area contributed by atoms with E-state index < -0.39 is 40.1 Å². The van der Waals surface area contributed by atoms with Crippen molar-refractivity contribution in [2.75, 3.05) is 5.75 Å². The lowest BCUT2D eigenvalue weighted by molar-refractivity contribution is -0.144. The second-order valence-corrected chi connectivity index (χ2v) is 6.10. The maximum absolute atomic E-state index is 11.6. The molecule has 3 unspecified atom stereocenters. The molecule has 9 heteroatoms. The number of hydrogen-bond donors (Lipinski definition) is 4. The maximum Gasteiger partial charge on any atom is 0.328 e. The zero-order valence-electron chi connectivity index (χ0n) is 11.1. The molecule has 0 spiro atoms. The van der Waals surface area contributed by atoms with Crippen molar-refractivity contribution >= 4 is 21.9 Å². The molecule has 0 bridgehead atoms. The molecule has 0 saturated heterocycles. The normalized spacial score (nSPS) is 16.4. The number of carbonyl (C=O) groups excluding carboxylic acids is 1. The number of rotatable bonds is 8. The van der Waals surface area contributed by atoms with Crippen LogP contribution in [0.3, 0.4) is 0 Å². The zero-order valence-corrected chi connectivity index (χ0v) is 11.9. The lowest BCUT2D eigenvalue weighted by Crippen LogP contribution is -2.53. The number of carboxylic acid groups (broad SMARTS) is 1. The Morgan fingerprint density at radius 3 is 2.16 bits per heavy atom.